The summed E-state index contributed by atoms with van der Waals surface area (Å²) >= 11 is 0. The number of aryl methyl sites for hydroxylation is 1. The molecule has 0 N–H and O–H groups in total. The quantitative estimate of drug-likeness (QED) is 0.663. The molecule has 0 radical (unpaired) electrons. The fourth-order valence-corrected chi connectivity index (χ4v) is 4.22. The van der Waals surface area contributed by atoms with Crippen LogP contribution in [0.2, 0.25) is 0 Å². The Labute approximate surface area is 167 Å². The summed E-state index contributed by atoms with van der Waals surface area (Å²) in [4.78, 5) is 27.6. The zero-order chi connectivity index (χ0) is 19.6. The van der Waals surface area contributed by atoms with E-state index in [9.17, 15) is 4.79 Å². The highest BCUT2D eigenvalue weighted by atomic mass is 16.5. The molecular weight excluding hydrogens is 372 g/mol. The van der Waals surface area contributed by atoms with Crippen molar-refractivity contribution in [1.82, 2.24) is 30.2 Å². The van der Waals surface area contributed by atoms with Gasteiger partial charge in [-0.05, 0) is 38.0 Å². The molecule has 1 atom stereocenters. The van der Waals surface area contributed by atoms with Gasteiger partial charge in [-0.1, -0.05) is 10.3 Å². The standard InChI is InChI=1S/C20H22N6O3/c27-20(18-14-5-1-2-6-16(14)28-24-18)26-9-3-4-13(12-26)10-17-23-19(25-29-17)15-11-21-7-8-22-15/h7-8,11,13H,1-6,9-10,12H2/t13-/m0/s1. The number of likely N-dealkylation sites (tertiary alicyclic amines) is 1. The molecule has 0 saturated carbocycles. The van der Waals surface area contributed by atoms with Crippen molar-refractivity contribution in [3.05, 3.63) is 41.5 Å². The van der Waals surface area contributed by atoms with Crippen molar-refractivity contribution in [2.24, 2.45) is 5.92 Å². The van der Waals surface area contributed by atoms with E-state index in [0.717, 1.165) is 56.4 Å². The first-order valence-corrected chi connectivity index (χ1v) is 10.1. The molecule has 150 valence electrons. The highest BCUT2D eigenvalue weighted by molar-refractivity contribution is 5.94. The van der Waals surface area contributed by atoms with Crippen molar-refractivity contribution in [1.29, 1.82) is 0 Å². The second kappa shape index (κ2) is 7.73. The lowest BCUT2D eigenvalue weighted by Gasteiger charge is -2.31. The molecule has 0 aromatic carbocycles. The van der Waals surface area contributed by atoms with E-state index >= 15 is 0 Å². The molecule has 4 heterocycles. The van der Waals surface area contributed by atoms with Gasteiger partial charge < -0.3 is 13.9 Å². The molecule has 1 aliphatic carbocycles. The van der Waals surface area contributed by atoms with Crippen LogP contribution in [0.1, 0.15) is 53.4 Å². The van der Waals surface area contributed by atoms with Gasteiger partial charge in [0.25, 0.3) is 5.91 Å². The highest BCUT2D eigenvalue weighted by Crippen LogP contribution is 2.27. The number of aromatic nitrogens is 5. The van der Waals surface area contributed by atoms with E-state index in [4.69, 9.17) is 9.05 Å². The van der Waals surface area contributed by atoms with Gasteiger partial charge >= 0.3 is 0 Å². The minimum Gasteiger partial charge on any atom is -0.360 e. The predicted molar refractivity (Wildman–Crippen MR) is 101 cm³/mol. The van der Waals surface area contributed by atoms with Crippen molar-refractivity contribution in [3.63, 3.8) is 0 Å². The number of carbonyl (C=O) groups is 1. The molecule has 1 fully saturated rings. The minimum absolute atomic E-state index is 0.0209. The molecule has 1 amide bonds. The fourth-order valence-electron chi connectivity index (χ4n) is 4.22. The maximum atomic E-state index is 13.1. The summed E-state index contributed by atoms with van der Waals surface area (Å²) in [7, 11) is 0. The van der Waals surface area contributed by atoms with Gasteiger partial charge in [-0.15, -0.1) is 0 Å². The lowest BCUT2D eigenvalue weighted by Crippen LogP contribution is -2.41. The average molecular weight is 394 g/mol. The van der Waals surface area contributed by atoms with Crippen LogP contribution in [0, 0.1) is 5.92 Å². The Balaban J connectivity index is 1.26. The van der Waals surface area contributed by atoms with Crippen molar-refractivity contribution >= 4 is 5.91 Å². The molecular formula is C20H22N6O3. The molecule has 9 heteroatoms. The Morgan fingerprint density at radius 1 is 1.14 bits per heavy atom. The number of piperidine rings is 1. The third kappa shape index (κ3) is 3.64. The van der Waals surface area contributed by atoms with Gasteiger partial charge in [0.1, 0.15) is 11.5 Å². The lowest BCUT2D eigenvalue weighted by atomic mass is 9.93. The molecule has 9 nitrogen and oxygen atoms in total. The molecule has 29 heavy (non-hydrogen) atoms. The van der Waals surface area contributed by atoms with Crippen LogP contribution in [-0.2, 0) is 19.3 Å². The lowest BCUT2D eigenvalue weighted by molar-refractivity contribution is 0.0656. The average Bonchev–Trinajstić information content (AvgIpc) is 3.41. The van der Waals surface area contributed by atoms with Gasteiger partial charge in [0.05, 0.1) is 6.20 Å². The van der Waals surface area contributed by atoms with Crippen molar-refractivity contribution < 1.29 is 13.8 Å². The Morgan fingerprint density at radius 2 is 2.07 bits per heavy atom. The monoisotopic (exact) mass is 394 g/mol. The van der Waals surface area contributed by atoms with E-state index in [0.29, 0.717) is 36.1 Å². The first-order valence-electron chi connectivity index (χ1n) is 10.1. The third-order valence-corrected chi connectivity index (χ3v) is 5.68. The van der Waals surface area contributed by atoms with E-state index in [1.165, 1.54) is 0 Å². The van der Waals surface area contributed by atoms with Crippen molar-refractivity contribution in [2.75, 3.05) is 13.1 Å². The predicted octanol–water partition coefficient (Wildman–Crippen LogP) is 2.49. The number of hydrogen-bond acceptors (Lipinski definition) is 8. The molecule has 3 aromatic heterocycles. The molecule has 2 aliphatic rings. The molecule has 0 bridgehead atoms. The molecule has 0 spiro atoms. The van der Waals surface area contributed by atoms with Gasteiger partial charge in [-0.25, -0.2) is 4.98 Å². The van der Waals surface area contributed by atoms with Gasteiger partial charge in [-0.2, -0.15) is 4.98 Å². The fraction of sp³-hybridized carbons (Fsp3) is 0.500. The van der Waals surface area contributed by atoms with Gasteiger partial charge in [0.2, 0.25) is 11.7 Å². The van der Waals surface area contributed by atoms with Crippen LogP contribution >= 0.6 is 0 Å². The maximum absolute atomic E-state index is 13.1. The smallest absolute Gasteiger partial charge is 0.276 e. The summed E-state index contributed by atoms with van der Waals surface area (Å²) in [5, 5.41) is 8.10. The van der Waals surface area contributed by atoms with Crippen molar-refractivity contribution in [3.8, 4) is 11.5 Å². The van der Waals surface area contributed by atoms with Gasteiger partial charge in [0, 0.05) is 43.9 Å². The van der Waals surface area contributed by atoms with Crippen molar-refractivity contribution in [2.45, 2.75) is 44.9 Å². The molecule has 3 aromatic rings. The number of nitrogens with zero attached hydrogens (tertiary/aromatic N) is 6. The number of hydrogen-bond donors (Lipinski definition) is 0. The van der Waals surface area contributed by atoms with Crippen LogP contribution in [0.25, 0.3) is 11.5 Å². The minimum atomic E-state index is -0.0209. The summed E-state index contributed by atoms with van der Waals surface area (Å²) < 4.78 is 10.8. The zero-order valence-corrected chi connectivity index (χ0v) is 16.1. The van der Waals surface area contributed by atoms with E-state index in [-0.39, 0.29) is 11.8 Å². The van der Waals surface area contributed by atoms with Crippen LogP contribution in [-0.4, -0.2) is 49.2 Å². The van der Waals surface area contributed by atoms with Crippen LogP contribution in [0.15, 0.2) is 27.6 Å². The third-order valence-electron chi connectivity index (χ3n) is 5.68. The Bertz CT molecular complexity index is 999. The molecule has 1 aliphatic heterocycles. The van der Waals surface area contributed by atoms with E-state index in [2.05, 4.69) is 25.3 Å². The molecule has 5 rings (SSSR count). The van der Waals surface area contributed by atoms with Gasteiger partial charge in [0.15, 0.2) is 5.69 Å². The second-order valence-electron chi connectivity index (χ2n) is 7.71. The van der Waals surface area contributed by atoms with Crippen LogP contribution in [0.4, 0.5) is 0 Å². The largest absolute Gasteiger partial charge is 0.360 e. The Hall–Kier alpha value is -3.10. The summed E-state index contributed by atoms with van der Waals surface area (Å²) in [5.41, 5.74) is 2.09. The summed E-state index contributed by atoms with van der Waals surface area (Å²) in [6, 6.07) is 0. The van der Waals surface area contributed by atoms with E-state index < -0.39 is 0 Å². The van der Waals surface area contributed by atoms with Crippen LogP contribution in [0.5, 0.6) is 0 Å². The molecule has 1 saturated heterocycles. The van der Waals surface area contributed by atoms with Gasteiger partial charge in [-0.3, -0.25) is 9.78 Å². The number of amides is 1. The summed E-state index contributed by atoms with van der Waals surface area (Å²) in [5.74, 6) is 2.13. The second-order valence-corrected chi connectivity index (χ2v) is 7.71. The van der Waals surface area contributed by atoms with E-state index in [1.807, 2.05) is 4.90 Å². The maximum Gasteiger partial charge on any atom is 0.276 e. The number of carbonyl (C=O) groups excluding carboxylic acids is 1. The Morgan fingerprint density at radius 3 is 2.97 bits per heavy atom. The van der Waals surface area contributed by atoms with E-state index in [1.54, 1.807) is 18.6 Å². The normalized spacial score (nSPS) is 19.2. The van der Waals surface area contributed by atoms with Crippen LogP contribution in [0.3, 0.4) is 0 Å². The first-order chi connectivity index (χ1) is 14.3. The highest BCUT2D eigenvalue weighted by Gasteiger charge is 2.31. The number of rotatable bonds is 4. The summed E-state index contributed by atoms with van der Waals surface area (Å²) in [6.07, 6.45) is 11.3. The van der Waals surface area contributed by atoms with Crippen LogP contribution < -0.4 is 0 Å². The molecule has 0 unspecified atom stereocenters. The zero-order valence-electron chi connectivity index (χ0n) is 16.1. The first kappa shape index (κ1) is 18.0. The SMILES string of the molecule is O=C(c1noc2c1CCCC2)N1CCC[C@@H](Cc2nc(-c3cnccn3)no2)C1. The topological polar surface area (TPSA) is 111 Å². The Kier molecular flexibility index (Phi) is 4.79. The number of fused-ring (bicyclic) bond motifs is 1. The summed E-state index contributed by atoms with van der Waals surface area (Å²) in [6.45, 7) is 1.40.